The van der Waals surface area contributed by atoms with Gasteiger partial charge in [-0.15, -0.1) is 0 Å². The van der Waals surface area contributed by atoms with Crippen LogP contribution in [0.25, 0.3) is 16.6 Å². The number of ether oxygens (including phenoxy) is 3. The third-order valence-corrected chi connectivity index (χ3v) is 9.84. The van der Waals surface area contributed by atoms with Gasteiger partial charge in [-0.2, -0.15) is 10.2 Å². The van der Waals surface area contributed by atoms with E-state index in [9.17, 15) is 14.4 Å². The zero-order chi connectivity index (χ0) is 36.4. The molecule has 1 aromatic carbocycles. The number of anilines is 1. The first-order chi connectivity index (χ1) is 25.3. The van der Waals surface area contributed by atoms with Crippen LogP contribution >= 0.6 is 0 Å². The highest BCUT2D eigenvalue weighted by Crippen LogP contribution is 2.44. The van der Waals surface area contributed by atoms with Crippen LogP contribution in [0.4, 0.5) is 5.82 Å². The fraction of sp³-hybridized carbons (Fsp3) is 0.417. The van der Waals surface area contributed by atoms with Crippen LogP contribution in [0.1, 0.15) is 45.7 Å². The number of aryl methyl sites for hydroxylation is 1. The summed E-state index contributed by atoms with van der Waals surface area (Å²) in [5.41, 5.74) is 2.76. The van der Waals surface area contributed by atoms with E-state index in [0.717, 1.165) is 30.8 Å². The van der Waals surface area contributed by atoms with Crippen LogP contribution in [0.5, 0.6) is 17.2 Å². The molecular formula is C36H42N10O6. The summed E-state index contributed by atoms with van der Waals surface area (Å²) in [6, 6.07) is 8.88. The van der Waals surface area contributed by atoms with Crippen LogP contribution in [0.3, 0.4) is 0 Å². The minimum absolute atomic E-state index is 0.119. The lowest BCUT2D eigenvalue weighted by atomic mass is 9.97. The topological polar surface area (TPSA) is 162 Å². The molecule has 3 amide bonds. The minimum Gasteiger partial charge on any atom is -0.493 e. The van der Waals surface area contributed by atoms with E-state index in [1.807, 2.05) is 12.1 Å². The number of carbonyl (C=O) groups excluding carboxylic acids is 3. The van der Waals surface area contributed by atoms with E-state index in [-0.39, 0.29) is 56.2 Å². The summed E-state index contributed by atoms with van der Waals surface area (Å²) in [4.78, 5) is 56.7. The van der Waals surface area contributed by atoms with Crippen molar-refractivity contribution in [1.29, 1.82) is 0 Å². The van der Waals surface area contributed by atoms with Crippen LogP contribution in [-0.4, -0.2) is 117 Å². The molecular weight excluding hydrogens is 668 g/mol. The highest BCUT2D eigenvalue weighted by atomic mass is 16.5. The molecule has 2 bridgehead atoms. The molecule has 52 heavy (non-hydrogen) atoms. The van der Waals surface area contributed by atoms with Gasteiger partial charge in [-0.05, 0) is 43.0 Å². The first-order valence-corrected chi connectivity index (χ1v) is 17.3. The number of pyridine rings is 2. The molecule has 0 saturated carbocycles. The fourth-order valence-corrected chi connectivity index (χ4v) is 7.11. The summed E-state index contributed by atoms with van der Waals surface area (Å²) in [6.07, 6.45) is 6.66. The number of amides is 3. The normalized spacial score (nSPS) is 17.3. The van der Waals surface area contributed by atoms with Crippen LogP contribution in [-0.2, 0) is 18.4 Å². The van der Waals surface area contributed by atoms with Crippen molar-refractivity contribution in [3.63, 3.8) is 0 Å². The number of rotatable bonds is 5. The molecule has 0 aliphatic carbocycles. The average molecular weight is 711 g/mol. The van der Waals surface area contributed by atoms with Gasteiger partial charge in [-0.3, -0.25) is 19.1 Å². The Morgan fingerprint density at radius 3 is 2.52 bits per heavy atom. The number of methoxy groups -OCH3 is 3. The van der Waals surface area contributed by atoms with E-state index in [1.165, 1.54) is 11.0 Å². The minimum atomic E-state index is -0.282. The van der Waals surface area contributed by atoms with Crippen molar-refractivity contribution in [3.05, 3.63) is 65.9 Å². The average Bonchev–Trinajstić information content (AvgIpc) is 3.83. The van der Waals surface area contributed by atoms with Crippen molar-refractivity contribution in [2.75, 3.05) is 65.5 Å². The van der Waals surface area contributed by atoms with E-state index in [4.69, 9.17) is 19.2 Å². The van der Waals surface area contributed by atoms with Gasteiger partial charge in [0.2, 0.25) is 11.7 Å². The molecule has 4 aromatic heterocycles. The fourth-order valence-electron chi connectivity index (χ4n) is 7.11. The second-order valence-electron chi connectivity index (χ2n) is 13.0. The van der Waals surface area contributed by atoms with Gasteiger partial charge < -0.3 is 34.2 Å². The van der Waals surface area contributed by atoms with Crippen molar-refractivity contribution in [1.82, 2.24) is 44.5 Å². The highest BCUT2D eigenvalue weighted by Gasteiger charge is 2.29. The first-order valence-electron chi connectivity index (χ1n) is 17.3. The largest absolute Gasteiger partial charge is 0.493 e. The maximum absolute atomic E-state index is 14.6. The van der Waals surface area contributed by atoms with E-state index in [1.54, 1.807) is 73.3 Å². The molecule has 0 spiro atoms. The van der Waals surface area contributed by atoms with Gasteiger partial charge in [0.25, 0.3) is 11.8 Å². The number of nitrogens with one attached hydrogen (secondary N) is 1. The summed E-state index contributed by atoms with van der Waals surface area (Å²) in [5, 5.41) is 12.2. The first kappa shape index (κ1) is 34.5. The number of nitrogens with zero attached hydrogens (tertiary/aromatic N) is 9. The Morgan fingerprint density at radius 2 is 1.75 bits per heavy atom. The third-order valence-electron chi connectivity index (χ3n) is 9.84. The molecule has 1 atom stereocenters. The molecule has 7 rings (SSSR count). The molecule has 2 aliphatic rings. The van der Waals surface area contributed by atoms with Gasteiger partial charge in [-0.1, -0.05) is 0 Å². The molecule has 16 nitrogen and oxygen atoms in total. The molecule has 1 saturated heterocycles. The van der Waals surface area contributed by atoms with Gasteiger partial charge in [0.05, 0.1) is 26.8 Å². The summed E-state index contributed by atoms with van der Waals surface area (Å²) in [7, 11) is 6.39. The SMILES string of the molecule is COc1cc2nc3c(cc2c(OC)c1OC)CN(C(=O)c1ccn2ncnc2c1)CCN(C(=O)c1ccnn1C)CCC(=O)NCC1CCCN3C1. The second kappa shape index (κ2) is 14.7. The van der Waals surface area contributed by atoms with Crippen molar-refractivity contribution < 1.29 is 28.6 Å². The zero-order valence-corrected chi connectivity index (χ0v) is 29.7. The van der Waals surface area contributed by atoms with Gasteiger partial charge in [0, 0.05) is 94.3 Å². The smallest absolute Gasteiger partial charge is 0.272 e. The van der Waals surface area contributed by atoms with Crippen molar-refractivity contribution in [3.8, 4) is 17.2 Å². The van der Waals surface area contributed by atoms with Crippen LogP contribution in [0.2, 0.25) is 0 Å². The molecule has 2 aliphatic heterocycles. The molecule has 5 aromatic rings. The third kappa shape index (κ3) is 6.75. The van der Waals surface area contributed by atoms with Crippen molar-refractivity contribution in [2.45, 2.75) is 25.8 Å². The van der Waals surface area contributed by atoms with E-state index in [2.05, 4.69) is 25.4 Å². The number of carbonyl (C=O) groups is 3. The van der Waals surface area contributed by atoms with Crippen LogP contribution in [0.15, 0.2) is 49.1 Å². The molecule has 16 heteroatoms. The Labute approximate surface area is 300 Å². The maximum atomic E-state index is 14.6. The lowest BCUT2D eigenvalue weighted by Crippen LogP contribution is -2.43. The highest BCUT2D eigenvalue weighted by molar-refractivity contribution is 5.96. The number of fused-ring (bicyclic) bond motifs is 6. The van der Waals surface area contributed by atoms with Gasteiger partial charge in [0.15, 0.2) is 17.1 Å². The van der Waals surface area contributed by atoms with Crippen molar-refractivity contribution in [2.24, 2.45) is 13.0 Å². The maximum Gasteiger partial charge on any atom is 0.272 e. The number of benzene rings is 1. The lowest BCUT2D eigenvalue weighted by molar-refractivity contribution is -0.121. The van der Waals surface area contributed by atoms with Gasteiger partial charge in [-0.25, -0.2) is 14.5 Å². The summed E-state index contributed by atoms with van der Waals surface area (Å²) < 4.78 is 20.3. The summed E-state index contributed by atoms with van der Waals surface area (Å²) in [6.45, 7) is 2.57. The Kier molecular flexibility index (Phi) is 9.78. The number of piperidine rings is 1. The Morgan fingerprint density at radius 1 is 0.923 bits per heavy atom. The van der Waals surface area contributed by atoms with Crippen molar-refractivity contribution >= 4 is 40.1 Å². The number of hydrogen-bond donors (Lipinski definition) is 1. The van der Waals surface area contributed by atoms with Gasteiger partial charge >= 0.3 is 0 Å². The number of hydrogen-bond acceptors (Lipinski definition) is 11. The van der Waals surface area contributed by atoms with E-state index < -0.39 is 0 Å². The predicted molar refractivity (Wildman–Crippen MR) is 191 cm³/mol. The summed E-state index contributed by atoms with van der Waals surface area (Å²) in [5.74, 6) is 1.59. The molecule has 1 unspecified atom stereocenters. The molecule has 1 fully saturated rings. The van der Waals surface area contributed by atoms with Crippen LogP contribution in [0, 0.1) is 5.92 Å². The monoisotopic (exact) mass is 710 g/mol. The van der Waals surface area contributed by atoms with Crippen LogP contribution < -0.4 is 24.4 Å². The van der Waals surface area contributed by atoms with E-state index in [0.29, 0.717) is 58.1 Å². The lowest BCUT2D eigenvalue weighted by Gasteiger charge is -2.35. The molecule has 1 N–H and O–H groups in total. The standard InChI is InChI=1S/C36H42N10O6/c1-42-28(7-10-39-42)36(49)43-12-9-31(47)37-19-23-6-5-11-44(20-23)34-25(16-26-27(41-34)18-29(50-2)33(52-4)32(26)51-3)21-45(15-14-43)35(48)24-8-13-46-30(17-24)38-22-40-46/h7-8,10,13,16-18,22-23H,5-6,9,11-12,14-15,19-21H2,1-4H3,(H,37,47). The van der Waals surface area contributed by atoms with E-state index >= 15 is 0 Å². The summed E-state index contributed by atoms with van der Waals surface area (Å²) >= 11 is 0. The molecule has 272 valence electrons. The zero-order valence-electron chi connectivity index (χ0n) is 29.7. The second-order valence-corrected chi connectivity index (χ2v) is 13.0. The molecule has 0 radical (unpaired) electrons. The molecule has 6 heterocycles. The quantitative estimate of drug-likeness (QED) is 0.286. The Bertz CT molecular complexity index is 2130. The predicted octanol–water partition coefficient (Wildman–Crippen LogP) is 2.56. The Hall–Kier alpha value is -5.93. The Balaban J connectivity index is 1.36. The number of aromatic nitrogens is 6. The van der Waals surface area contributed by atoms with Gasteiger partial charge in [0.1, 0.15) is 17.8 Å².